The molecule has 5 rings (SSSR count). The lowest BCUT2D eigenvalue weighted by Gasteiger charge is -2.35. The van der Waals surface area contributed by atoms with Crippen LogP contribution in [0.15, 0.2) is 66.2 Å². The first kappa shape index (κ1) is 25.2. The number of benzene rings is 3. The van der Waals surface area contributed by atoms with E-state index in [2.05, 4.69) is 4.90 Å². The number of imide groups is 1. The number of nitrogens with zero attached hydrogens (tertiary/aromatic N) is 3. The number of ether oxygens (including phenoxy) is 1. The van der Waals surface area contributed by atoms with Crippen molar-refractivity contribution in [2.24, 2.45) is 0 Å². The second kappa shape index (κ2) is 10.9. The van der Waals surface area contributed by atoms with Crippen molar-refractivity contribution in [2.45, 2.75) is 6.92 Å². The summed E-state index contributed by atoms with van der Waals surface area (Å²) in [5.41, 5.74) is 3.00. The first-order valence-corrected chi connectivity index (χ1v) is 12.9. The van der Waals surface area contributed by atoms with Crippen LogP contribution in [-0.4, -0.2) is 68.6 Å². The van der Waals surface area contributed by atoms with Gasteiger partial charge in [-0.15, -0.1) is 0 Å². The van der Waals surface area contributed by atoms with Gasteiger partial charge in [-0.3, -0.25) is 14.5 Å². The molecule has 8 heteroatoms. The van der Waals surface area contributed by atoms with Gasteiger partial charge in [0.25, 0.3) is 11.8 Å². The van der Waals surface area contributed by atoms with E-state index >= 15 is 0 Å². The predicted molar refractivity (Wildman–Crippen MR) is 144 cm³/mol. The Labute approximate surface area is 221 Å². The summed E-state index contributed by atoms with van der Waals surface area (Å²) in [5, 5.41) is 10.9. The number of carbonyl (C=O) groups excluding carboxylic acids is 3. The molecule has 0 atom stereocenters. The average molecular weight is 510 g/mol. The molecule has 0 saturated carbocycles. The summed E-state index contributed by atoms with van der Waals surface area (Å²) in [7, 11) is 0. The fourth-order valence-corrected chi connectivity index (χ4v) is 5.18. The molecule has 0 unspecified atom stereocenters. The standard InChI is InChI=1S/C30H28N4O4/c1-2-38-30(37)23(20-31)19-21-9-11-24(12-10-21)33-16-13-32(14-17-33)15-18-34-28(35)25-7-3-5-22-6-4-8-26(27(22)25)29(34)36/h3-12,19H,2,13-18H2,1H3/p+1. The van der Waals surface area contributed by atoms with E-state index in [1.807, 2.05) is 54.6 Å². The Kier molecular flexibility index (Phi) is 7.20. The van der Waals surface area contributed by atoms with Crippen LogP contribution in [0.3, 0.4) is 0 Å². The fraction of sp³-hybridized carbons (Fsp3) is 0.267. The van der Waals surface area contributed by atoms with Crippen molar-refractivity contribution >= 4 is 40.3 Å². The number of nitriles is 1. The van der Waals surface area contributed by atoms with Gasteiger partial charge in [0.15, 0.2) is 0 Å². The molecule has 2 amide bonds. The molecule has 1 N–H and O–H groups in total. The smallest absolute Gasteiger partial charge is 0.348 e. The quantitative estimate of drug-likeness (QED) is 0.227. The zero-order valence-electron chi connectivity index (χ0n) is 21.3. The molecule has 0 radical (unpaired) electrons. The Morgan fingerprint density at radius 3 is 2.21 bits per heavy atom. The van der Waals surface area contributed by atoms with Gasteiger partial charge in [0.05, 0.1) is 45.9 Å². The van der Waals surface area contributed by atoms with Gasteiger partial charge in [0.1, 0.15) is 11.6 Å². The summed E-state index contributed by atoms with van der Waals surface area (Å²) in [4.78, 5) is 43.2. The third-order valence-electron chi connectivity index (χ3n) is 7.20. The number of carbonyl (C=O) groups is 3. The van der Waals surface area contributed by atoms with Crippen LogP contribution in [0.2, 0.25) is 0 Å². The molecule has 1 fully saturated rings. The number of nitrogens with one attached hydrogen (secondary N) is 1. The molecular weight excluding hydrogens is 480 g/mol. The highest BCUT2D eigenvalue weighted by Gasteiger charge is 2.33. The molecule has 38 heavy (non-hydrogen) atoms. The van der Waals surface area contributed by atoms with Crippen molar-refractivity contribution in [3.63, 3.8) is 0 Å². The molecule has 0 spiro atoms. The SMILES string of the molecule is CCOC(=O)C(C#N)=Cc1ccc(N2CC[NH+](CCN3C(=O)c4cccc5cccc(c45)C3=O)CC2)cc1. The second-order valence-electron chi connectivity index (χ2n) is 9.44. The highest BCUT2D eigenvalue weighted by atomic mass is 16.5. The van der Waals surface area contributed by atoms with Gasteiger partial charge in [-0.25, -0.2) is 4.79 Å². The summed E-state index contributed by atoms with van der Waals surface area (Å²) in [6.07, 6.45) is 1.53. The predicted octanol–water partition coefficient (Wildman–Crippen LogP) is 2.31. The van der Waals surface area contributed by atoms with E-state index in [1.165, 1.54) is 15.9 Å². The van der Waals surface area contributed by atoms with Crippen LogP contribution in [0.5, 0.6) is 0 Å². The van der Waals surface area contributed by atoms with E-state index in [9.17, 15) is 19.6 Å². The van der Waals surface area contributed by atoms with Crippen molar-refractivity contribution in [3.05, 3.63) is 82.9 Å². The summed E-state index contributed by atoms with van der Waals surface area (Å²) in [6, 6.07) is 20.8. The van der Waals surface area contributed by atoms with Gasteiger partial charge in [0, 0.05) is 22.2 Å². The Morgan fingerprint density at radius 2 is 1.63 bits per heavy atom. The maximum Gasteiger partial charge on any atom is 0.348 e. The van der Waals surface area contributed by atoms with E-state index in [0.29, 0.717) is 24.2 Å². The van der Waals surface area contributed by atoms with Crippen LogP contribution in [0.25, 0.3) is 16.8 Å². The van der Waals surface area contributed by atoms with Crippen LogP contribution in [-0.2, 0) is 9.53 Å². The molecule has 2 aliphatic rings. The van der Waals surface area contributed by atoms with E-state index in [0.717, 1.165) is 48.2 Å². The molecule has 2 aliphatic heterocycles. The molecular formula is C30H29N4O4+. The molecule has 0 aromatic heterocycles. The minimum atomic E-state index is -0.618. The van der Waals surface area contributed by atoms with Crippen LogP contribution in [0, 0.1) is 11.3 Å². The second-order valence-corrected chi connectivity index (χ2v) is 9.44. The largest absolute Gasteiger partial charge is 0.462 e. The molecule has 0 bridgehead atoms. The van der Waals surface area contributed by atoms with E-state index in [4.69, 9.17) is 4.74 Å². The van der Waals surface area contributed by atoms with Gasteiger partial charge in [-0.05, 0) is 48.2 Å². The minimum Gasteiger partial charge on any atom is -0.462 e. The normalized spacial score (nSPS) is 16.1. The number of esters is 1. The lowest BCUT2D eigenvalue weighted by molar-refractivity contribution is -0.899. The van der Waals surface area contributed by atoms with Crippen LogP contribution >= 0.6 is 0 Å². The Morgan fingerprint density at radius 1 is 1.00 bits per heavy atom. The van der Waals surface area contributed by atoms with E-state index in [1.54, 1.807) is 19.1 Å². The summed E-state index contributed by atoms with van der Waals surface area (Å²) < 4.78 is 4.91. The maximum atomic E-state index is 13.1. The highest BCUT2D eigenvalue weighted by Crippen LogP contribution is 2.29. The number of quaternary nitrogens is 1. The topological polar surface area (TPSA) is 95.2 Å². The van der Waals surface area contributed by atoms with Gasteiger partial charge < -0.3 is 14.5 Å². The average Bonchev–Trinajstić information content (AvgIpc) is 2.95. The van der Waals surface area contributed by atoms with Crippen LogP contribution < -0.4 is 9.80 Å². The number of anilines is 1. The van der Waals surface area contributed by atoms with E-state index in [-0.39, 0.29) is 24.0 Å². The summed E-state index contributed by atoms with van der Waals surface area (Å²) in [5.74, 6) is -1.05. The first-order chi connectivity index (χ1) is 18.5. The number of amides is 2. The van der Waals surface area contributed by atoms with Crippen molar-refractivity contribution in [1.29, 1.82) is 5.26 Å². The number of rotatable bonds is 7. The molecule has 0 aliphatic carbocycles. The zero-order chi connectivity index (χ0) is 26.6. The van der Waals surface area contributed by atoms with Crippen molar-refractivity contribution in [1.82, 2.24) is 4.90 Å². The molecule has 3 aromatic rings. The van der Waals surface area contributed by atoms with Crippen molar-refractivity contribution in [2.75, 3.05) is 50.8 Å². The van der Waals surface area contributed by atoms with Gasteiger partial charge >= 0.3 is 5.97 Å². The van der Waals surface area contributed by atoms with E-state index < -0.39 is 5.97 Å². The van der Waals surface area contributed by atoms with Gasteiger partial charge in [-0.1, -0.05) is 36.4 Å². The Bertz CT molecular complexity index is 1410. The number of hydrogen-bond donors (Lipinski definition) is 1. The summed E-state index contributed by atoms with van der Waals surface area (Å²) in [6.45, 7) is 6.51. The Hall–Kier alpha value is -4.48. The maximum absolute atomic E-state index is 13.1. The molecule has 3 aromatic carbocycles. The number of hydrogen-bond acceptors (Lipinski definition) is 6. The summed E-state index contributed by atoms with van der Waals surface area (Å²) >= 11 is 0. The van der Waals surface area contributed by atoms with Crippen LogP contribution in [0.1, 0.15) is 33.2 Å². The van der Waals surface area contributed by atoms with Gasteiger partial charge in [-0.2, -0.15) is 5.26 Å². The third-order valence-corrected chi connectivity index (χ3v) is 7.20. The minimum absolute atomic E-state index is 0.0253. The molecule has 192 valence electrons. The van der Waals surface area contributed by atoms with Crippen molar-refractivity contribution in [3.8, 4) is 6.07 Å². The zero-order valence-corrected chi connectivity index (χ0v) is 21.3. The first-order valence-electron chi connectivity index (χ1n) is 12.9. The molecule has 1 saturated heterocycles. The highest BCUT2D eigenvalue weighted by molar-refractivity contribution is 6.25. The Balaban J connectivity index is 1.17. The lowest BCUT2D eigenvalue weighted by Crippen LogP contribution is -3.15. The van der Waals surface area contributed by atoms with Crippen molar-refractivity contribution < 1.29 is 24.0 Å². The third kappa shape index (κ3) is 4.89. The monoisotopic (exact) mass is 509 g/mol. The number of piperazine rings is 1. The lowest BCUT2D eigenvalue weighted by atomic mass is 9.94. The van der Waals surface area contributed by atoms with Crippen LogP contribution in [0.4, 0.5) is 5.69 Å². The van der Waals surface area contributed by atoms with Gasteiger partial charge in [0.2, 0.25) is 0 Å². The fourth-order valence-electron chi connectivity index (χ4n) is 5.18. The molecule has 2 heterocycles. The molecule has 8 nitrogen and oxygen atoms in total.